The third-order valence-corrected chi connectivity index (χ3v) is 5.34. The number of pyridine rings is 1. The van der Waals surface area contributed by atoms with Gasteiger partial charge in [-0.05, 0) is 44.9 Å². The molecule has 3 aromatic rings. The molecule has 0 fully saturated rings. The molecular formula is C23H30N4O2. The number of hydrogen-bond donors (Lipinski definition) is 3. The Bertz CT molecular complexity index is 934. The van der Waals surface area contributed by atoms with Gasteiger partial charge >= 0.3 is 0 Å². The van der Waals surface area contributed by atoms with Crippen LogP contribution in [0.5, 0.6) is 0 Å². The first-order valence-electron chi connectivity index (χ1n) is 10.2. The van der Waals surface area contributed by atoms with Crippen LogP contribution >= 0.6 is 0 Å². The second kappa shape index (κ2) is 9.67. The first kappa shape index (κ1) is 21.0. The molecule has 0 aliphatic heterocycles. The van der Waals surface area contributed by atoms with Gasteiger partial charge in [0.1, 0.15) is 0 Å². The van der Waals surface area contributed by atoms with Crippen molar-refractivity contribution < 1.29 is 9.90 Å². The standard InChI is InChI=1S/C23H30N4O2/c1-4-27(5-2)23(29)20-10-6-9-19-18(14-26-22(19)20)12-16(3)25-15-21(28)17-8-7-11-24-13-17/h6-11,13-14,16,21,25-26,28H,4-5,12,15H2,1-3H3/t16-,21+/m1/s1. The number of carbonyl (C=O) groups is 1. The molecule has 2 atom stereocenters. The molecule has 0 saturated carbocycles. The van der Waals surface area contributed by atoms with Gasteiger partial charge in [0.05, 0.1) is 17.2 Å². The van der Waals surface area contributed by atoms with Crippen LogP contribution in [0, 0.1) is 0 Å². The third kappa shape index (κ3) is 4.83. The molecule has 3 rings (SSSR count). The molecule has 0 saturated heterocycles. The molecule has 2 heterocycles. The van der Waals surface area contributed by atoms with E-state index in [1.807, 2.05) is 49.2 Å². The number of rotatable bonds is 9. The molecule has 3 N–H and O–H groups in total. The summed E-state index contributed by atoms with van der Waals surface area (Å²) in [5, 5.41) is 14.8. The molecule has 1 aromatic carbocycles. The summed E-state index contributed by atoms with van der Waals surface area (Å²) < 4.78 is 0. The fourth-order valence-electron chi connectivity index (χ4n) is 3.65. The predicted molar refractivity (Wildman–Crippen MR) is 116 cm³/mol. The average Bonchev–Trinajstić information content (AvgIpc) is 3.16. The van der Waals surface area contributed by atoms with Gasteiger partial charge in [0.15, 0.2) is 0 Å². The normalized spacial score (nSPS) is 13.4. The number of aromatic nitrogens is 2. The molecular weight excluding hydrogens is 364 g/mol. The molecule has 0 unspecified atom stereocenters. The van der Waals surface area contributed by atoms with E-state index in [9.17, 15) is 9.90 Å². The first-order valence-corrected chi connectivity index (χ1v) is 10.2. The van der Waals surface area contributed by atoms with Gasteiger partial charge in [0, 0.05) is 55.2 Å². The lowest BCUT2D eigenvalue weighted by Gasteiger charge is -2.19. The summed E-state index contributed by atoms with van der Waals surface area (Å²) in [4.78, 5) is 22.0. The van der Waals surface area contributed by atoms with E-state index in [0.717, 1.165) is 28.5 Å². The molecule has 0 bridgehead atoms. The summed E-state index contributed by atoms with van der Waals surface area (Å²) in [5.41, 5.74) is 3.57. The van der Waals surface area contributed by atoms with Crippen molar-refractivity contribution in [3.05, 3.63) is 65.6 Å². The van der Waals surface area contributed by atoms with Crippen molar-refractivity contribution in [2.75, 3.05) is 19.6 Å². The first-order chi connectivity index (χ1) is 14.0. The summed E-state index contributed by atoms with van der Waals surface area (Å²) in [5.74, 6) is 0.0553. The smallest absolute Gasteiger partial charge is 0.255 e. The van der Waals surface area contributed by atoms with Crippen molar-refractivity contribution in [2.45, 2.75) is 39.3 Å². The molecule has 0 radical (unpaired) electrons. The highest BCUT2D eigenvalue weighted by Crippen LogP contribution is 2.24. The van der Waals surface area contributed by atoms with Crippen molar-refractivity contribution in [1.82, 2.24) is 20.2 Å². The molecule has 0 spiro atoms. The van der Waals surface area contributed by atoms with E-state index in [4.69, 9.17) is 0 Å². The van der Waals surface area contributed by atoms with E-state index < -0.39 is 6.10 Å². The minimum absolute atomic E-state index is 0.0553. The lowest BCUT2D eigenvalue weighted by Crippen LogP contribution is -2.32. The summed E-state index contributed by atoms with van der Waals surface area (Å²) in [6.45, 7) is 7.93. The van der Waals surface area contributed by atoms with Crippen molar-refractivity contribution >= 4 is 16.8 Å². The number of benzene rings is 1. The van der Waals surface area contributed by atoms with Crippen LogP contribution in [0.3, 0.4) is 0 Å². The number of fused-ring (bicyclic) bond motifs is 1. The van der Waals surface area contributed by atoms with E-state index in [0.29, 0.717) is 25.2 Å². The van der Waals surface area contributed by atoms with Crippen molar-refractivity contribution in [3.63, 3.8) is 0 Å². The molecule has 0 aliphatic rings. The topological polar surface area (TPSA) is 81.2 Å². The highest BCUT2D eigenvalue weighted by molar-refractivity contribution is 6.06. The van der Waals surface area contributed by atoms with Crippen molar-refractivity contribution in [1.29, 1.82) is 0 Å². The maximum absolute atomic E-state index is 12.8. The van der Waals surface area contributed by atoms with Gasteiger partial charge in [-0.1, -0.05) is 18.2 Å². The number of para-hydroxylation sites is 1. The molecule has 1 amide bonds. The second-order valence-electron chi connectivity index (χ2n) is 7.34. The number of aliphatic hydroxyl groups excluding tert-OH is 1. The number of carbonyl (C=O) groups excluding carboxylic acids is 1. The van der Waals surface area contributed by atoms with E-state index >= 15 is 0 Å². The van der Waals surface area contributed by atoms with E-state index in [2.05, 4.69) is 28.3 Å². The van der Waals surface area contributed by atoms with Gasteiger partial charge in [-0.3, -0.25) is 9.78 Å². The van der Waals surface area contributed by atoms with Gasteiger partial charge in [0.2, 0.25) is 0 Å². The number of amides is 1. The summed E-state index contributed by atoms with van der Waals surface area (Å²) in [6.07, 6.45) is 5.57. The molecule has 154 valence electrons. The van der Waals surface area contributed by atoms with Crippen LogP contribution in [0.4, 0.5) is 0 Å². The highest BCUT2D eigenvalue weighted by atomic mass is 16.3. The quantitative estimate of drug-likeness (QED) is 0.520. The number of aliphatic hydroxyl groups is 1. The van der Waals surface area contributed by atoms with Crippen LogP contribution < -0.4 is 5.32 Å². The van der Waals surface area contributed by atoms with Crippen LogP contribution in [0.1, 0.15) is 48.4 Å². The maximum atomic E-state index is 12.8. The average molecular weight is 395 g/mol. The Hall–Kier alpha value is -2.70. The molecule has 2 aromatic heterocycles. The highest BCUT2D eigenvalue weighted by Gasteiger charge is 2.18. The van der Waals surface area contributed by atoms with E-state index in [1.54, 1.807) is 12.4 Å². The van der Waals surface area contributed by atoms with Crippen molar-refractivity contribution in [3.8, 4) is 0 Å². The maximum Gasteiger partial charge on any atom is 0.255 e. The van der Waals surface area contributed by atoms with Crippen molar-refractivity contribution in [2.24, 2.45) is 0 Å². The van der Waals surface area contributed by atoms with E-state index in [-0.39, 0.29) is 11.9 Å². The Labute approximate surface area is 172 Å². The molecule has 6 heteroatoms. The summed E-state index contributed by atoms with van der Waals surface area (Å²) in [6, 6.07) is 9.75. The van der Waals surface area contributed by atoms with Crippen LogP contribution in [0.2, 0.25) is 0 Å². The fourth-order valence-corrected chi connectivity index (χ4v) is 3.65. The molecule has 0 aliphatic carbocycles. The van der Waals surface area contributed by atoms with Gasteiger partial charge < -0.3 is 20.3 Å². The monoisotopic (exact) mass is 394 g/mol. The zero-order valence-corrected chi connectivity index (χ0v) is 17.4. The Balaban J connectivity index is 1.69. The largest absolute Gasteiger partial charge is 0.387 e. The molecule has 29 heavy (non-hydrogen) atoms. The number of aromatic amines is 1. The van der Waals surface area contributed by atoms with Crippen LogP contribution in [-0.2, 0) is 6.42 Å². The number of nitrogens with zero attached hydrogens (tertiary/aromatic N) is 2. The Morgan fingerprint density at radius 3 is 2.72 bits per heavy atom. The van der Waals surface area contributed by atoms with Crippen LogP contribution in [-0.4, -0.2) is 51.6 Å². The molecule has 6 nitrogen and oxygen atoms in total. The Morgan fingerprint density at radius 1 is 1.24 bits per heavy atom. The SMILES string of the molecule is CCN(CC)C(=O)c1cccc2c(C[C@@H](C)NC[C@H](O)c3cccnc3)c[nH]c12. The van der Waals surface area contributed by atoms with Crippen LogP contribution in [0.25, 0.3) is 10.9 Å². The summed E-state index contributed by atoms with van der Waals surface area (Å²) >= 11 is 0. The minimum atomic E-state index is -0.590. The number of nitrogens with one attached hydrogen (secondary N) is 2. The predicted octanol–water partition coefficient (Wildman–Crippen LogP) is 3.30. The second-order valence-corrected chi connectivity index (χ2v) is 7.34. The Morgan fingerprint density at radius 2 is 2.03 bits per heavy atom. The van der Waals surface area contributed by atoms with Crippen LogP contribution in [0.15, 0.2) is 48.9 Å². The number of hydrogen-bond acceptors (Lipinski definition) is 4. The summed E-state index contributed by atoms with van der Waals surface area (Å²) in [7, 11) is 0. The zero-order valence-electron chi connectivity index (χ0n) is 17.4. The van der Waals surface area contributed by atoms with E-state index in [1.165, 1.54) is 0 Å². The fraction of sp³-hybridized carbons (Fsp3) is 0.391. The van der Waals surface area contributed by atoms with Gasteiger partial charge in [-0.2, -0.15) is 0 Å². The minimum Gasteiger partial charge on any atom is -0.387 e. The van der Waals surface area contributed by atoms with Gasteiger partial charge in [-0.25, -0.2) is 0 Å². The lowest BCUT2D eigenvalue weighted by atomic mass is 10.0. The Kier molecular flexibility index (Phi) is 7.01. The number of H-pyrrole nitrogens is 1. The third-order valence-electron chi connectivity index (χ3n) is 5.34. The van der Waals surface area contributed by atoms with Gasteiger partial charge in [-0.15, -0.1) is 0 Å². The van der Waals surface area contributed by atoms with Gasteiger partial charge in [0.25, 0.3) is 5.91 Å². The lowest BCUT2D eigenvalue weighted by molar-refractivity contribution is 0.0775. The zero-order chi connectivity index (χ0) is 20.8.